The van der Waals surface area contributed by atoms with Gasteiger partial charge in [-0.05, 0) is 19.4 Å². The number of nitrogens with two attached hydrogens (primary N) is 1. The fraction of sp³-hybridized carbons (Fsp3) is 0.538. The van der Waals surface area contributed by atoms with Crippen molar-refractivity contribution in [2.45, 2.75) is 39.3 Å². The van der Waals surface area contributed by atoms with Gasteiger partial charge in [-0.2, -0.15) is 0 Å². The van der Waals surface area contributed by atoms with Crippen LogP contribution in [0, 0.1) is 10.1 Å². The largest absolute Gasteiger partial charge is 0.493 e. The van der Waals surface area contributed by atoms with Gasteiger partial charge in [-0.3, -0.25) is 10.1 Å². The Kier molecular flexibility index (Phi) is 5.57. The molecule has 0 aliphatic rings. The molecule has 2 N–H and O–H groups in total. The Balaban J connectivity index is 3.14. The maximum Gasteiger partial charge on any atom is 0.277 e. The molecule has 0 spiro atoms. The van der Waals surface area contributed by atoms with Crippen molar-refractivity contribution in [3.8, 4) is 11.5 Å². The molecule has 0 saturated carbocycles. The minimum absolute atomic E-state index is 0.0257. The van der Waals surface area contributed by atoms with Crippen LogP contribution >= 0.6 is 0 Å². The number of ether oxygens (including phenoxy) is 2. The molecule has 0 saturated heterocycles. The number of hydrogen-bond donors (Lipinski definition) is 1. The van der Waals surface area contributed by atoms with E-state index in [0.717, 1.165) is 12.8 Å². The van der Waals surface area contributed by atoms with Crippen LogP contribution < -0.4 is 15.2 Å². The van der Waals surface area contributed by atoms with E-state index in [-0.39, 0.29) is 18.3 Å². The smallest absolute Gasteiger partial charge is 0.277 e. The van der Waals surface area contributed by atoms with Gasteiger partial charge in [0.05, 0.1) is 24.2 Å². The van der Waals surface area contributed by atoms with E-state index in [2.05, 4.69) is 6.92 Å². The second-order valence-corrected chi connectivity index (χ2v) is 4.31. The monoisotopic (exact) mass is 268 g/mol. The predicted octanol–water partition coefficient (Wildman–Crippen LogP) is 2.63. The third kappa shape index (κ3) is 3.82. The molecule has 1 unspecified atom stereocenters. The van der Waals surface area contributed by atoms with Crippen molar-refractivity contribution in [1.29, 1.82) is 0 Å². The summed E-state index contributed by atoms with van der Waals surface area (Å²) in [5.41, 5.74) is 5.90. The summed E-state index contributed by atoms with van der Waals surface area (Å²) < 4.78 is 10.9. The molecule has 106 valence electrons. The van der Waals surface area contributed by atoms with Gasteiger partial charge in [0.15, 0.2) is 11.5 Å². The molecule has 0 bridgehead atoms. The Hall–Kier alpha value is -1.82. The summed E-state index contributed by atoms with van der Waals surface area (Å²) in [5.74, 6) is 0.848. The lowest BCUT2D eigenvalue weighted by Gasteiger charge is -2.17. The topological polar surface area (TPSA) is 87.6 Å². The summed E-state index contributed by atoms with van der Waals surface area (Å²) in [6, 6.07) is 2.94. The summed E-state index contributed by atoms with van der Waals surface area (Å²) in [4.78, 5) is 10.5. The molecule has 0 aliphatic carbocycles. The van der Waals surface area contributed by atoms with Crippen LogP contribution in [0.5, 0.6) is 11.5 Å². The molecule has 0 amide bonds. The number of methoxy groups -OCH3 is 1. The maximum absolute atomic E-state index is 11.0. The van der Waals surface area contributed by atoms with Gasteiger partial charge in [-0.25, -0.2) is 0 Å². The lowest BCUT2D eigenvalue weighted by molar-refractivity contribution is -0.385. The second-order valence-electron chi connectivity index (χ2n) is 4.31. The zero-order chi connectivity index (χ0) is 14.4. The highest BCUT2D eigenvalue weighted by Gasteiger charge is 2.19. The fourth-order valence-electron chi connectivity index (χ4n) is 1.86. The van der Waals surface area contributed by atoms with Crippen molar-refractivity contribution in [3.63, 3.8) is 0 Å². The Morgan fingerprint density at radius 3 is 2.58 bits per heavy atom. The fourth-order valence-corrected chi connectivity index (χ4v) is 1.86. The highest BCUT2D eigenvalue weighted by Crippen LogP contribution is 2.35. The van der Waals surface area contributed by atoms with Crippen LogP contribution in [0.2, 0.25) is 0 Å². The average Bonchev–Trinajstić information content (AvgIpc) is 2.38. The molecule has 0 fully saturated rings. The summed E-state index contributed by atoms with van der Waals surface area (Å²) in [6.07, 6.45) is 1.82. The molecule has 0 radical (unpaired) electrons. The molecule has 1 aromatic carbocycles. The van der Waals surface area contributed by atoms with Crippen LogP contribution in [0.4, 0.5) is 5.69 Å². The van der Waals surface area contributed by atoms with Crippen LogP contribution in [-0.2, 0) is 6.54 Å². The zero-order valence-electron chi connectivity index (χ0n) is 11.5. The highest BCUT2D eigenvalue weighted by atomic mass is 16.6. The van der Waals surface area contributed by atoms with Gasteiger partial charge in [0.25, 0.3) is 5.69 Å². The lowest BCUT2D eigenvalue weighted by Crippen LogP contribution is -2.12. The summed E-state index contributed by atoms with van der Waals surface area (Å²) >= 11 is 0. The molecular weight excluding hydrogens is 248 g/mol. The Morgan fingerprint density at radius 1 is 1.42 bits per heavy atom. The van der Waals surface area contributed by atoms with Crippen molar-refractivity contribution in [1.82, 2.24) is 0 Å². The van der Waals surface area contributed by atoms with Crippen molar-refractivity contribution in [3.05, 3.63) is 27.8 Å². The number of nitrogens with zero attached hydrogens (tertiary/aromatic N) is 1. The summed E-state index contributed by atoms with van der Waals surface area (Å²) in [6.45, 7) is 4.06. The molecule has 0 heterocycles. The molecule has 1 aromatic rings. The number of nitro benzene ring substituents is 1. The van der Waals surface area contributed by atoms with Crippen LogP contribution in [0.3, 0.4) is 0 Å². The van der Waals surface area contributed by atoms with E-state index in [1.807, 2.05) is 6.92 Å². The van der Waals surface area contributed by atoms with Gasteiger partial charge in [0.2, 0.25) is 0 Å². The van der Waals surface area contributed by atoms with Crippen molar-refractivity contribution in [2.24, 2.45) is 5.73 Å². The lowest BCUT2D eigenvalue weighted by atomic mass is 10.1. The SMILES string of the molecule is CCCC(C)Oc1cc([N+](=O)[O-])c(CN)cc1OC. The van der Waals surface area contributed by atoms with E-state index in [0.29, 0.717) is 17.1 Å². The second kappa shape index (κ2) is 6.94. The van der Waals surface area contributed by atoms with Gasteiger partial charge >= 0.3 is 0 Å². The molecule has 1 atom stereocenters. The van der Waals surface area contributed by atoms with Crippen LogP contribution in [0.1, 0.15) is 32.3 Å². The maximum atomic E-state index is 11.0. The van der Waals surface area contributed by atoms with E-state index >= 15 is 0 Å². The summed E-state index contributed by atoms with van der Waals surface area (Å²) in [7, 11) is 1.50. The number of rotatable bonds is 7. The highest BCUT2D eigenvalue weighted by molar-refractivity contribution is 5.54. The minimum atomic E-state index is -0.459. The first-order chi connectivity index (χ1) is 9.03. The average molecular weight is 268 g/mol. The number of hydrogen-bond acceptors (Lipinski definition) is 5. The quantitative estimate of drug-likeness (QED) is 0.606. The van der Waals surface area contributed by atoms with Gasteiger partial charge in [0.1, 0.15) is 0 Å². The molecule has 6 nitrogen and oxygen atoms in total. The van der Waals surface area contributed by atoms with Crippen LogP contribution in [0.15, 0.2) is 12.1 Å². The standard InChI is InChI=1S/C13H20N2O4/c1-4-5-9(2)19-13-7-11(15(16)17)10(8-14)6-12(13)18-3/h6-7,9H,4-5,8,14H2,1-3H3. The van der Waals surface area contributed by atoms with Crippen molar-refractivity contribution in [2.75, 3.05) is 7.11 Å². The van der Waals surface area contributed by atoms with Crippen LogP contribution in [0.25, 0.3) is 0 Å². The van der Waals surface area contributed by atoms with E-state index in [1.54, 1.807) is 6.07 Å². The third-order valence-electron chi connectivity index (χ3n) is 2.80. The van der Waals surface area contributed by atoms with Gasteiger partial charge in [-0.1, -0.05) is 13.3 Å². The van der Waals surface area contributed by atoms with Crippen LogP contribution in [-0.4, -0.2) is 18.1 Å². The first-order valence-electron chi connectivity index (χ1n) is 6.25. The Morgan fingerprint density at radius 2 is 2.11 bits per heavy atom. The summed E-state index contributed by atoms with van der Waals surface area (Å²) in [5, 5.41) is 11.0. The Bertz CT molecular complexity index is 449. The van der Waals surface area contributed by atoms with Crippen molar-refractivity contribution < 1.29 is 14.4 Å². The van der Waals surface area contributed by atoms with Crippen molar-refractivity contribution >= 4 is 5.69 Å². The number of benzene rings is 1. The third-order valence-corrected chi connectivity index (χ3v) is 2.80. The van der Waals surface area contributed by atoms with Gasteiger partial charge in [-0.15, -0.1) is 0 Å². The van der Waals surface area contributed by atoms with E-state index in [4.69, 9.17) is 15.2 Å². The molecule has 0 aromatic heterocycles. The zero-order valence-corrected chi connectivity index (χ0v) is 11.5. The molecular formula is C13H20N2O4. The molecule has 1 rings (SSSR count). The van der Waals surface area contributed by atoms with E-state index in [9.17, 15) is 10.1 Å². The Labute approximate surface area is 112 Å². The van der Waals surface area contributed by atoms with Gasteiger partial charge < -0.3 is 15.2 Å². The first-order valence-corrected chi connectivity index (χ1v) is 6.25. The van der Waals surface area contributed by atoms with Gasteiger partial charge in [0, 0.05) is 12.1 Å². The molecule has 19 heavy (non-hydrogen) atoms. The normalized spacial score (nSPS) is 12.0. The molecule has 0 aliphatic heterocycles. The van der Waals surface area contributed by atoms with E-state index < -0.39 is 4.92 Å². The van der Waals surface area contributed by atoms with E-state index in [1.165, 1.54) is 13.2 Å². The number of nitro groups is 1. The first kappa shape index (κ1) is 15.2. The predicted molar refractivity (Wildman–Crippen MR) is 72.5 cm³/mol. The molecule has 6 heteroatoms. The minimum Gasteiger partial charge on any atom is -0.493 e.